The van der Waals surface area contributed by atoms with E-state index in [1.807, 2.05) is 45.9 Å². The first kappa shape index (κ1) is 21.8. The zero-order valence-corrected chi connectivity index (χ0v) is 18.9. The molecule has 5 nitrogen and oxygen atoms in total. The molecule has 0 radical (unpaired) electrons. The van der Waals surface area contributed by atoms with Gasteiger partial charge in [-0.15, -0.1) is 0 Å². The number of hydrogen-bond donors (Lipinski definition) is 1. The first-order valence-electron chi connectivity index (χ1n) is 11.3. The zero-order valence-electron chi connectivity index (χ0n) is 18.9. The Balaban J connectivity index is 1.71. The Bertz CT molecular complexity index is 943. The van der Waals surface area contributed by atoms with Gasteiger partial charge in [0.2, 0.25) is 5.91 Å². The summed E-state index contributed by atoms with van der Waals surface area (Å²) in [4.78, 5) is 19.1. The molecule has 2 aromatic rings. The van der Waals surface area contributed by atoms with Gasteiger partial charge in [0.1, 0.15) is 5.82 Å². The summed E-state index contributed by atoms with van der Waals surface area (Å²) in [6, 6.07) is 7.44. The number of halogens is 1. The minimum Gasteiger partial charge on any atom is -0.372 e. The Hall–Kier alpha value is -2.47. The number of rotatable bonds is 5. The van der Waals surface area contributed by atoms with Gasteiger partial charge in [0.15, 0.2) is 0 Å². The molecule has 1 saturated heterocycles. The largest absolute Gasteiger partial charge is 0.372 e. The number of ether oxygens (including phenoxy) is 1. The van der Waals surface area contributed by atoms with E-state index in [2.05, 4.69) is 15.2 Å². The van der Waals surface area contributed by atoms with Crippen molar-refractivity contribution in [3.8, 4) is 11.1 Å². The highest BCUT2D eigenvalue weighted by molar-refractivity contribution is 5.80. The number of aryl methyl sites for hydroxylation is 2. The quantitative estimate of drug-likeness (QED) is 0.765. The molecule has 1 amide bonds. The van der Waals surface area contributed by atoms with Crippen LogP contribution in [0.5, 0.6) is 0 Å². The van der Waals surface area contributed by atoms with Gasteiger partial charge in [-0.05, 0) is 75.9 Å². The number of nitrogens with zero attached hydrogens (tertiary/aromatic N) is 2. The summed E-state index contributed by atoms with van der Waals surface area (Å²) in [5.74, 6) is -0.108. The topological polar surface area (TPSA) is 54.5 Å². The van der Waals surface area contributed by atoms with Gasteiger partial charge >= 0.3 is 0 Å². The lowest BCUT2D eigenvalue weighted by Crippen LogP contribution is -2.45. The van der Waals surface area contributed by atoms with E-state index in [1.54, 1.807) is 6.07 Å². The fourth-order valence-corrected chi connectivity index (χ4v) is 4.66. The Kier molecular flexibility index (Phi) is 6.28. The van der Waals surface area contributed by atoms with Crippen molar-refractivity contribution in [3.63, 3.8) is 0 Å². The number of anilines is 1. The van der Waals surface area contributed by atoms with Gasteiger partial charge in [0.25, 0.3) is 0 Å². The molecule has 0 spiro atoms. The van der Waals surface area contributed by atoms with Crippen molar-refractivity contribution >= 4 is 11.6 Å². The second-order valence-electron chi connectivity index (χ2n) is 9.11. The lowest BCUT2D eigenvalue weighted by atomic mass is 9.85. The lowest BCUT2D eigenvalue weighted by Gasteiger charge is -2.37. The second-order valence-corrected chi connectivity index (χ2v) is 9.11. The molecule has 2 atom stereocenters. The number of morpholine rings is 1. The number of aromatic nitrogens is 1. The molecule has 4 rings (SSSR count). The Morgan fingerprint density at radius 1 is 1.13 bits per heavy atom. The molecule has 2 unspecified atom stereocenters. The first-order valence-corrected chi connectivity index (χ1v) is 11.3. The smallest absolute Gasteiger partial charge is 0.223 e. The molecule has 1 aromatic heterocycles. The van der Waals surface area contributed by atoms with Gasteiger partial charge in [0.05, 0.1) is 12.2 Å². The summed E-state index contributed by atoms with van der Waals surface area (Å²) in [6.45, 7) is 9.64. The van der Waals surface area contributed by atoms with E-state index in [1.165, 1.54) is 0 Å². The van der Waals surface area contributed by atoms with Crippen LogP contribution in [0.4, 0.5) is 10.1 Å². The van der Waals surface area contributed by atoms with E-state index in [4.69, 9.17) is 4.74 Å². The first-order chi connectivity index (χ1) is 14.8. The summed E-state index contributed by atoms with van der Waals surface area (Å²) in [6.07, 6.45) is 3.16. The van der Waals surface area contributed by atoms with Crippen LogP contribution >= 0.6 is 0 Å². The summed E-state index contributed by atoms with van der Waals surface area (Å²) >= 11 is 0. The standard InChI is InChI=1S/C25H32FN3O2/c1-15-8-20(9-16(2)28-15)24-21(12-27-25(30)19-6-5-7-19)10-22(11-23(24)26)29-13-17(3)31-18(4)14-29/h8-11,17-19H,5-7,12-14H2,1-4H3,(H,27,30). The monoisotopic (exact) mass is 425 g/mol. The maximum atomic E-state index is 15.6. The third kappa shape index (κ3) is 4.90. The molecule has 1 aliphatic heterocycles. The van der Waals surface area contributed by atoms with Gasteiger partial charge in [-0.1, -0.05) is 6.42 Å². The molecular weight excluding hydrogens is 393 g/mol. The van der Waals surface area contributed by atoms with Gasteiger partial charge in [-0.3, -0.25) is 9.78 Å². The van der Waals surface area contributed by atoms with Gasteiger partial charge < -0.3 is 15.0 Å². The van der Waals surface area contributed by atoms with Crippen LogP contribution in [0.1, 0.15) is 50.1 Å². The van der Waals surface area contributed by atoms with E-state index >= 15 is 4.39 Å². The van der Waals surface area contributed by atoms with E-state index in [0.29, 0.717) is 25.2 Å². The van der Waals surface area contributed by atoms with Gasteiger partial charge in [-0.25, -0.2) is 4.39 Å². The molecule has 1 aromatic carbocycles. The summed E-state index contributed by atoms with van der Waals surface area (Å²) in [5.41, 5.74) is 4.65. The molecule has 6 heteroatoms. The van der Waals surface area contributed by atoms with Crippen molar-refractivity contribution in [1.82, 2.24) is 10.3 Å². The molecule has 1 saturated carbocycles. The minimum absolute atomic E-state index is 0.0683. The highest BCUT2D eigenvalue weighted by Gasteiger charge is 2.27. The fraction of sp³-hybridized carbons (Fsp3) is 0.520. The normalized spacial score (nSPS) is 21.6. The highest BCUT2D eigenvalue weighted by Crippen LogP contribution is 2.33. The predicted octanol–water partition coefficient (Wildman–Crippen LogP) is 4.53. The van der Waals surface area contributed by atoms with Crippen LogP contribution in [0.25, 0.3) is 11.1 Å². The van der Waals surface area contributed by atoms with E-state index in [9.17, 15) is 4.79 Å². The number of benzene rings is 1. The molecule has 166 valence electrons. The number of pyridine rings is 1. The minimum atomic E-state index is -0.276. The second kappa shape index (κ2) is 8.95. The molecular formula is C25H32FN3O2. The van der Waals surface area contributed by atoms with Crippen LogP contribution in [-0.4, -0.2) is 36.2 Å². The number of amides is 1. The number of nitrogens with one attached hydrogen (secondary N) is 1. The molecule has 0 bridgehead atoms. The van der Waals surface area contributed by atoms with Crippen LogP contribution in [0.15, 0.2) is 24.3 Å². The Morgan fingerprint density at radius 3 is 2.35 bits per heavy atom. The summed E-state index contributed by atoms with van der Waals surface area (Å²) in [5, 5.41) is 3.05. The average molecular weight is 426 g/mol. The van der Waals surface area contributed by atoms with Crippen molar-refractivity contribution in [1.29, 1.82) is 0 Å². The third-order valence-corrected chi connectivity index (χ3v) is 6.24. The van der Waals surface area contributed by atoms with Gasteiger partial charge in [0, 0.05) is 48.2 Å². The molecule has 1 N–H and O–H groups in total. The van der Waals surface area contributed by atoms with E-state index in [0.717, 1.165) is 47.5 Å². The third-order valence-electron chi connectivity index (χ3n) is 6.24. The maximum Gasteiger partial charge on any atom is 0.223 e. The Labute approximate surface area is 184 Å². The van der Waals surface area contributed by atoms with E-state index < -0.39 is 0 Å². The van der Waals surface area contributed by atoms with Crippen molar-refractivity contribution in [2.24, 2.45) is 5.92 Å². The molecule has 31 heavy (non-hydrogen) atoms. The van der Waals surface area contributed by atoms with Crippen LogP contribution in [0, 0.1) is 25.6 Å². The van der Waals surface area contributed by atoms with Crippen molar-refractivity contribution in [2.45, 2.75) is 65.7 Å². The van der Waals surface area contributed by atoms with E-state index in [-0.39, 0.29) is 29.9 Å². The molecule has 2 fully saturated rings. The van der Waals surface area contributed by atoms with Crippen LogP contribution in [0.3, 0.4) is 0 Å². The number of carbonyl (C=O) groups is 1. The Morgan fingerprint density at radius 2 is 1.77 bits per heavy atom. The summed E-state index contributed by atoms with van der Waals surface area (Å²) in [7, 11) is 0. The zero-order chi connectivity index (χ0) is 22.1. The molecule has 1 aliphatic carbocycles. The fourth-order valence-electron chi connectivity index (χ4n) is 4.66. The van der Waals surface area contributed by atoms with Crippen LogP contribution < -0.4 is 10.2 Å². The summed E-state index contributed by atoms with van der Waals surface area (Å²) < 4.78 is 21.4. The highest BCUT2D eigenvalue weighted by atomic mass is 19.1. The molecule has 2 aliphatic rings. The SMILES string of the molecule is Cc1cc(-c2c(F)cc(N3CC(C)OC(C)C3)cc2CNC(=O)C2CCC2)cc(C)n1. The molecule has 2 heterocycles. The van der Waals surface area contributed by atoms with Crippen LogP contribution in [0.2, 0.25) is 0 Å². The lowest BCUT2D eigenvalue weighted by molar-refractivity contribution is -0.127. The van der Waals surface area contributed by atoms with Crippen molar-refractivity contribution in [3.05, 3.63) is 47.0 Å². The number of hydrogen-bond acceptors (Lipinski definition) is 4. The van der Waals surface area contributed by atoms with Crippen molar-refractivity contribution in [2.75, 3.05) is 18.0 Å². The number of carbonyl (C=O) groups excluding carboxylic acids is 1. The predicted molar refractivity (Wildman–Crippen MR) is 121 cm³/mol. The van der Waals surface area contributed by atoms with Crippen LogP contribution in [-0.2, 0) is 16.1 Å². The average Bonchev–Trinajstić information content (AvgIpc) is 2.63. The van der Waals surface area contributed by atoms with Gasteiger partial charge in [-0.2, -0.15) is 0 Å². The maximum absolute atomic E-state index is 15.6. The van der Waals surface area contributed by atoms with Crippen molar-refractivity contribution < 1.29 is 13.9 Å².